The van der Waals surface area contributed by atoms with Crippen molar-refractivity contribution in [1.29, 1.82) is 0 Å². The zero-order valence-electron chi connectivity index (χ0n) is 11.1. The molecule has 0 aliphatic heterocycles. The number of primary amides is 1. The molecule has 1 rings (SSSR count). The molecule has 0 aromatic heterocycles. The number of benzene rings is 1. The van der Waals surface area contributed by atoms with Crippen LogP contribution in [0, 0.1) is 10.1 Å². The molecule has 0 aliphatic carbocycles. The van der Waals surface area contributed by atoms with Gasteiger partial charge in [-0.3, -0.25) is 14.9 Å². The lowest BCUT2D eigenvalue weighted by atomic mass is 10.2. The summed E-state index contributed by atoms with van der Waals surface area (Å²) in [5.74, 6) is -0.664. The standard InChI is InChI=1S/C12H17N3O5/c1-19-5-4-14-7-9-2-3-10(15(17)18)11(6-9)20-8-12(13)16/h2-3,6,14H,4-5,7-8H2,1H3,(H2,13,16). The predicted octanol–water partition coefficient (Wildman–Crippen LogP) is 0.195. The van der Waals surface area contributed by atoms with Crippen molar-refractivity contribution in [3.8, 4) is 5.75 Å². The number of carbonyl (C=O) groups is 1. The van der Waals surface area contributed by atoms with E-state index in [1.54, 1.807) is 13.2 Å². The van der Waals surface area contributed by atoms with Gasteiger partial charge in [0.15, 0.2) is 12.4 Å². The van der Waals surface area contributed by atoms with Gasteiger partial charge in [0.25, 0.3) is 5.91 Å². The van der Waals surface area contributed by atoms with Crippen LogP contribution in [0.1, 0.15) is 5.56 Å². The lowest BCUT2D eigenvalue weighted by Gasteiger charge is -2.08. The Morgan fingerprint density at radius 3 is 2.85 bits per heavy atom. The largest absolute Gasteiger partial charge is 0.477 e. The third-order valence-electron chi connectivity index (χ3n) is 2.40. The van der Waals surface area contributed by atoms with E-state index in [0.29, 0.717) is 19.7 Å². The maximum atomic E-state index is 10.9. The van der Waals surface area contributed by atoms with Crippen LogP contribution >= 0.6 is 0 Å². The van der Waals surface area contributed by atoms with Gasteiger partial charge in [0.2, 0.25) is 0 Å². The zero-order chi connectivity index (χ0) is 15.0. The summed E-state index contributed by atoms with van der Waals surface area (Å²) >= 11 is 0. The Balaban J connectivity index is 2.75. The lowest BCUT2D eigenvalue weighted by Crippen LogP contribution is -2.21. The van der Waals surface area contributed by atoms with Crippen LogP contribution in [0.2, 0.25) is 0 Å². The predicted molar refractivity (Wildman–Crippen MR) is 71.4 cm³/mol. The van der Waals surface area contributed by atoms with Gasteiger partial charge in [-0.2, -0.15) is 0 Å². The van der Waals surface area contributed by atoms with Crippen LogP contribution in [-0.2, 0) is 16.1 Å². The molecule has 1 amide bonds. The van der Waals surface area contributed by atoms with E-state index in [0.717, 1.165) is 5.56 Å². The summed E-state index contributed by atoms with van der Waals surface area (Å²) in [4.78, 5) is 21.0. The van der Waals surface area contributed by atoms with E-state index in [1.165, 1.54) is 12.1 Å². The highest BCUT2D eigenvalue weighted by molar-refractivity contribution is 5.75. The molecule has 0 unspecified atom stereocenters. The first kappa shape index (κ1) is 15.9. The minimum atomic E-state index is -0.692. The number of hydrogen-bond donors (Lipinski definition) is 2. The summed E-state index contributed by atoms with van der Waals surface area (Å²) in [6, 6.07) is 4.47. The Hall–Kier alpha value is -2.19. The third-order valence-corrected chi connectivity index (χ3v) is 2.40. The molecule has 0 aliphatic rings. The first-order valence-electron chi connectivity index (χ1n) is 5.92. The summed E-state index contributed by atoms with van der Waals surface area (Å²) in [5, 5.41) is 14.0. The fraction of sp³-hybridized carbons (Fsp3) is 0.417. The van der Waals surface area contributed by atoms with Crippen molar-refractivity contribution >= 4 is 11.6 Å². The number of nitro groups is 1. The number of ether oxygens (including phenoxy) is 2. The molecule has 8 nitrogen and oxygen atoms in total. The highest BCUT2D eigenvalue weighted by Gasteiger charge is 2.16. The van der Waals surface area contributed by atoms with Gasteiger partial charge in [-0.15, -0.1) is 0 Å². The van der Waals surface area contributed by atoms with Gasteiger partial charge in [-0.05, 0) is 11.6 Å². The molecule has 0 saturated carbocycles. The topological polar surface area (TPSA) is 117 Å². The number of nitrogens with two attached hydrogens (primary N) is 1. The molecule has 0 atom stereocenters. The number of rotatable bonds is 9. The number of hydrogen-bond acceptors (Lipinski definition) is 6. The van der Waals surface area contributed by atoms with Crippen molar-refractivity contribution in [2.75, 3.05) is 26.9 Å². The van der Waals surface area contributed by atoms with Crippen molar-refractivity contribution in [1.82, 2.24) is 5.32 Å². The zero-order valence-corrected chi connectivity index (χ0v) is 11.1. The van der Waals surface area contributed by atoms with E-state index in [-0.39, 0.29) is 11.4 Å². The SMILES string of the molecule is COCCNCc1ccc([N+](=O)[O-])c(OCC(N)=O)c1. The molecule has 20 heavy (non-hydrogen) atoms. The minimum Gasteiger partial charge on any atom is -0.477 e. The van der Waals surface area contributed by atoms with Gasteiger partial charge in [0, 0.05) is 26.3 Å². The molecular weight excluding hydrogens is 266 g/mol. The lowest BCUT2D eigenvalue weighted by molar-refractivity contribution is -0.385. The average molecular weight is 283 g/mol. The number of nitrogens with one attached hydrogen (secondary N) is 1. The van der Waals surface area contributed by atoms with Crippen LogP contribution in [0.4, 0.5) is 5.69 Å². The quantitative estimate of drug-likeness (QED) is 0.380. The average Bonchev–Trinajstić information content (AvgIpc) is 2.41. The number of methoxy groups -OCH3 is 1. The molecule has 0 bridgehead atoms. The van der Waals surface area contributed by atoms with Crippen LogP contribution in [0.5, 0.6) is 5.75 Å². The summed E-state index contributed by atoms with van der Waals surface area (Å²) in [6.07, 6.45) is 0. The highest BCUT2D eigenvalue weighted by atomic mass is 16.6. The van der Waals surface area contributed by atoms with Crippen molar-refractivity contribution in [3.63, 3.8) is 0 Å². The fourth-order valence-corrected chi connectivity index (χ4v) is 1.49. The Labute approximate surface area is 116 Å². The number of amides is 1. The van der Waals surface area contributed by atoms with E-state index >= 15 is 0 Å². The highest BCUT2D eigenvalue weighted by Crippen LogP contribution is 2.27. The van der Waals surface area contributed by atoms with E-state index in [1.807, 2.05) is 0 Å². The Kier molecular flexibility index (Phi) is 6.41. The molecule has 110 valence electrons. The van der Waals surface area contributed by atoms with Crippen LogP contribution in [-0.4, -0.2) is 37.7 Å². The van der Waals surface area contributed by atoms with Gasteiger partial charge in [-0.25, -0.2) is 0 Å². The second-order valence-corrected chi connectivity index (χ2v) is 3.98. The van der Waals surface area contributed by atoms with Gasteiger partial charge in [0.05, 0.1) is 11.5 Å². The molecule has 0 saturated heterocycles. The summed E-state index contributed by atoms with van der Waals surface area (Å²) < 4.78 is 9.95. The Morgan fingerprint density at radius 1 is 1.50 bits per heavy atom. The molecule has 1 aromatic rings. The third kappa shape index (κ3) is 5.21. The van der Waals surface area contributed by atoms with Crippen LogP contribution < -0.4 is 15.8 Å². The Bertz CT molecular complexity index is 478. The van der Waals surface area contributed by atoms with Crippen molar-refractivity contribution in [2.24, 2.45) is 5.73 Å². The smallest absolute Gasteiger partial charge is 0.310 e. The van der Waals surface area contributed by atoms with E-state index in [4.69, 9.17) is 15.2 Å². The molecular formula is C12H17N3O5. The molecule has 0 spiro atoms. The van der Waals surface area contributed by atoms with E-state index < -0.39 is 17.4 Å². The van der Waals surface area contributed by atoms with Gasteiger partial charge in [0.1, 0.15) is 0 Å². The molecule has 3 N–H and O–H groups in total. The van der Waals surface area contributed by atoms with Gasteiger partial charge in [-0.1, -0.05) is 6.07 Å². The second kappa shape index (κ2) is 8.08. The maximum absolute atomic E-state index is 10.9. The van der Waals surface area contributed by atoms with Crippen molar-refractivity contribution in [3.05, 3.63) is 33.9 Å². The van der Waals surface area contributed by atoms with Crippen LogP contribution in [0.15, 0.2) is 18.2 Å². The first-order chi connectivity index (χ1) is 9.54. The second-order valence-electron chi connectivity index (χ2n) is 3.98. The molecule has 8 heteroatoms. The molecule has 0 radical (unpaired) electrons. The summed E-state index contributed by atoms with van der Waals surface area (Å²) in [5.41, 5.74) is 5.55. The monoisotopic (exact) mass is 283 g/mol. The summed E-state index contributed by atoms with van der Waals surface area (Å²) in [6.45, 7) is 1.33. The van der Waals surface area contributed by atoms with Crippen LogP contribution in [0.25, 0.3) is 0 Å². The molecule has 0 heterocycles. The Morgan fingerprint density at radius 2 is 2.25 bits per heavy atom. The molecule has 0 fully saturated rings. The fourth-order valence-electron chi connectivity index (χ4n) is 1.49. The van der Waals surface area contributed by atoms with Crippen molar-refractivity contribution < 1.29 is 19.2 Å². The maximum Gasteiger partial charge on any atom is 0.310 e. The minimum absolute atomic E-state index is 0.0276. The van der Waals surface area contributed by atoms with E-state index in [2.05, 4.69) is 5.32 Å². The number of nitrogens with zero attached hydrogens (tertiary/aromatic N) is 1. The van der Waals surface area contributed by atoms with Gasteiger partial charge >= 0.3 is 5.69 Å². The first-order valence-corrected chi connectivity index (χ1v) is 5.92. The normalized spacial score (nSPS) is 10.2. The van der Waals surface area contributed by atoms with Crippen molar-refractivity contribution in [2.45, 2.75) is 6.54 Å². The van der Waals surface area contributed by atoms with E-state index in [9.17, 15) is 14.9 Å². The molecule has 1 aromatic carbocycles. The number of nitro benzene ring substituents is 1. The number of carbonyl (C=O) groups excluding carboxylic acids is 1. The van der Waals surface area contributed by atoms with Gasteiger partial charge < -0.3 is 20.5 Å². The van der Waals surface area contributed by atoms with Crippen LogP contribution in [0.3, 0.4) is 0 Å². The summed E-state index contributed by atoms with van der Waals surface area (Å²) in [7, 11) is 1.60.